The van der Waals surface area contributed by atoms with Crippen molar-refractivity contribution in [3.8, 4) is 22.5 Å². The van der Waals surface area contributed by atoms with Crippen molar-refractivity contribution < 1.29 is 4.74 Å². The van der Waals surface area contributed by atoms with Crippen molar-refractivity contribution in [2.75, 3.05) is 31.2 Å². The lowest BCUT2D eigenvalue weighted by atomic mass is 9.97. The number of para-hydroxylation sites is 1. The van der Waals surface area contributed by atoms with E-state index in [2.05, 4.69) is 61.9 Å². The highest BCUT2D eigenvalue weighted by Gasteiger charge is 2.18. The quantitative estimate of drug-likeness (QED) is 0.803. The van der Waals surface area contributed by atoms with E-state index in [1.165, 1.54) is 5.69 Å². The Kier molecular flexibility index (Phi) is 3.73. The van der Waals surface area contributed by atoms with Crippen molar-refractivity contribution in [2.45, 2.75) is 0 Å². The van der Waals surface area contributed by atoms with E-state index >= 15 is 0 Å². The van der Waals surface area contributed by atoms with Gasteiger partial charge in [-0.3, -0.25) is 0 Å². The molecule has 2 aromatic carbocycles. The first-order valence-corrected chi connectivity index (χ1v) is 7.60. The van der Waals surface area contributed by atoms with Gasteiger partial charge in [0.1, 0.15) is 0 Å². The van der Waals surface area contributed by atoms with Crippen molar-refractivity contribution in [1.29, 1.82) is 0 Å². The molecular formula is C17H16N5O. The van der Waals surface area contributed by atoms with Crippen molar-refractivity contribution in [1.82, 2.24) is 20.6 Å². The Labute approximate surface area is 134 Å². The molecule has 0 spiro atoms. The molecule has 1 saturated heterocycles. The maximum atomic E-state index is 5.47. The van der Waals surface area contributed by atoms with Gasteiger partial charge in [0.2, 0.25) is 0 Å². The van der Waals surface area contributed by atoms with Crippen LogP contribution in [0.25, 0.3) is 22.5 Å². The monoisotopic (exact) mass is 306 g/mol. The number of nitrogens with one attached hydrogen (secondary N) is 1. The van der Waals surface area contributed by atoms with E-state index in [0.29, 0.717) is 5.82 Å². The van der Waals surface area contributed by atoms with Crippen LogP contribution in [0.5, 0.6) is 0 Å². The number of hydrogen-bond donors (Lipinski definition) is 1. The third-order valence-electron chi connectivity index (χ3n) is 3.98. The van der Waals surface area contributed by atoms with Gasteiger partial charge in [-0.05, 0) is 28.1 Å². The lowest BCUT2D eigenvalue weighted by Gasteiger charge is -2.31. The van der Waals surface area contributed by atoms with E-state index in [1.807, 2.05) is 12.1 Å². The van der Waals surface area contributed by atoms with Crippen molar-refractivity contribution in [2.24, 2.45) is 0 Å². The number of anilines is 1. The van der Waals surface area contributed by atoms with Crippen molar-refractivity contribution in [3.05, 3.63) is 48.5 Å². The Morgan fingerprint density at radius 3 is 2.70 bits per heavy atom. The average molecular weight is 306 g/mol. The zero-order valence-electron chi connectivity index (χ0n) is 12.6. The molecule has 1 radical (unpaired) electrons. The molecule has 1 fully saturated rings. The number of hydrogen-bond acceptors (Lipinski definition) is 5. The van der Waals surface area contributed by atoms with Crippen LogP contribution in [0.2, 0.25) is 0 Å². The number of ether oxygens (including phenoxy) is 1. The van der Waals surface area contributed by atoms with Gasteiger partial charge in [0.25, 0.3) is 0 Å². The number of rotatable bonds is 3. The standard InChI is InChI=1S/C17H16N5O/c1-2-7-15(17-18-20-21-19-17)13(5-1)14-6-3-4-8-16(14)22-9-11-23-12-10-22/h1-6,8H,9-12H2,(H,18,19,20,21). The molecule has 4 rings (SSSR count). The molecule has 0 aliphatic carbocycles. The fraction of sp³-hybridized carbons (Fsp3) is 0.235. The molecular weight excluding hydrogens is 290 g/mol. The molecule has 1 aliphatic heterocycles. The van der Waals surface area contributed by atoms with E-state index in [4.69, 9.17) is 4.74 Å². The molecule has 23 heavy (non-hydrogen) atoms. The third-order valence-corrected chi connectivity index (χ3v) is 3.98. The summed E-state index contributed by atoms with van der Waals surface area (Å²) in [7, 11) is 0. The predicted molar refractivity (Wildman–Crippen MR) is 86.9 cm³/mol. The second-order valence-corrected chi connectivity index (χ2v) is 5.33. The number of H-pyrrole nitrogens is 1. The Bertz CT molecular complexity index is 781. The summed E-state index contributed by atoms with van der Waals surface area (Å²) in [5.74, 6) is 0.623. The number of aromatic amines is 1. The van der Waals surface area contributed by atoms with Gasteiger partial charge in [0.05, 0.1) is 13.2 Å². The minimum absolute atomic E-state index is 0.623. The minimum atomic E-state index is 0.623. The van der Waals surface area contributed by atoms with Gasteiger partial charge in [-0.2, -0.15) is 0 Å². The Morgan fingerprint density at radius 2 is 1.87 bits per heavy atom. The topological polar surface area (TPSA) is 66.9 Å². The molecule has 0 bridgehead atoms. The van der Waals surface area contributed by atoms with Gasteiger partial charge >= 0.3 is 0 Å². The fourth-order valence-electron chi connectivity index (χ4n) is 2.90. The van der Waals surface area contributed by atoms with Gasteiger partial charge in [-0.25, -0.2) is 5.10 Å². The summed E-state index contributed by atoms with van der Waals surface area (Å²) in [6.45, 7) is 3.31. The van der Waals surface area contributed by atoms with Crippen LogP contribution in [0.1, 0.15) is 0 Å². The van der Waals surface area contributed by atoms with Gasteiger partial charge < -0.3 is 9.64 Å². The van der Waals surface area contributed by atoms with Crippen LogP contribution in [-0.4, -0.2) is 46.9 Å². The van der Waals surface area contributed by atoms with Crippen LogP contribution >= 0.6 is 0 Å². The van der Waals surface area contributed by atoms with Crippen LogP contribution in [0.4, 0.5) is 5.69 Å². The first-order valence-electron chi connectivity index (χ1n) is 7.60. The summed E-state index contributed by atoms with van der Waals surface area (Å²) in [5, 5.41) is 14.2. The van der Waals surface area contributed by atoms with Crippen molar-refractivity contribution >= 4 is 5.69 Å². The smallest absolute Gasteiger partial charge is 0.180 e. The van der Waals surface area contributed by atoms with Crippen LogP contribution in [0.15, 0.2) is 42.5 Å². The predicted octanol–water partition coefficient (Wildman–Crippen LogP) is 2.17. The third kappa shape index (κ3) is 2.68. The summed E-state index contributed by atoms with van der Waals surface area (Å²) < 4.78 is 5.47. The molecule has 115 valence electrons. The first kappa shape index (κ1) is 13.9. The molecule has 6 heteroatoms. The maximum Gasteiger partial charge on any atom is 0.180 e. The van der Waals surface area contributed by atoms with Crippen LogP contribution in [-0.2, 0) is 4.74 Å². The van der Waals surface area contributed by atoms with Crippen LogP contribution < -0.4 is 4.90 Å². The average Bonchev–Trinajstić information content (AvgIpc) is 3.17. The molecule has 1 N–H and O–H groups in total. The largest absolute Gasteiger partial charge is 0.378 e. The second-order valence-electron chi connectivity index (χ2n) is 5.33. The molecule has 1 aromatic heterocycles. The second kappa shape index (κ2) is 6.18. The highest BCUT2D eigenvalue weighted by Crippen LogP contribution is 2.36. The normalized spacial score (nSPS) is 14.9. The number of aromatic nitrogens is 4. The summed E-state index contributed by atoms with van der Waals surface area (Å²) >= 11 is 0. The molecule has 2 heterocycles. The summed E-state index contributed by atoms with van der Waals surface area (Å²) in [6.07, 6.45) is 0. The molecule has 0 amide bonds. The number of tetrazole rings is 1. The van der Waals surface area contributed by atoms with E-state index in [9.17, 15) is 0 Å². The summed E-state index contributed by atoms with van der Waals surface area (Å²) in [5.41, 5.74) is 4.29. The minimum Gasteiger partial charge on any atom is -0.378 e. The molecule has 3 aromatic rings. The van der Waals surface area contributed by atoms with Gasteiger partial charge in [-0.1, -0.05) is 36.4 Å². The zero-order valence-corrected chi connectivity index (χ0v) is 12.6. The lowest BCUT2D eigenvalue weighted by molar-refractivity contribution is 0.123. The van der Waals surface area contributed by atoms with Gasteiger partial charge in [-0.15, -0.1) is 5.10 Å². The van der Waals surface area contributed by atoms with E-state index < -0.39 is 0 Å². The van der Waals surface area contributed by atoms with E-state index in [-0.39, 0.29) is 0 Å². The molecule has 0 saturated carbocycles. The number of benzene rings is 2. The summed E-state index contributed by atoms with van der Waals surface area (Å²) in [6, 6.07) is 17.6. The van der Waals surface area contributed by atoms with E-state index in [0.717, 1.165) is 43.0 Å². The van der Waals surface area contributed by atoms with Crippen molar-refractivity contribution in [3.63, 3.8) is 0 Å². The lowest BCUT2D eigenvalue weighted by Crippen LogP contribution is -2.36. The molecule has 1 aliphatic rings. The molecule has 0 unspecified atom stereocenters. The van der Waals surface area contributed by atoms with Gasteiger partial charge in [0, 0.05) is 29.9 Å². The summed E-state index contributed by atoms with van der Waals surface area (Å²) in [4.78, 5) is 2.36. The zero-order chi connectivity index (χ0) is 15.5. The number of nitrogens with zero attached hydrogens (tertiary/aromatic N) is 4. The fourth-order valence-corrected chi connectivity index (χ4v) is 2.90. The highest BCUT2D eigenvalue weighted by atomic mass is 16.5. The number of morpholine rings is 1. The van der Waals surface area contributed by atoms with Gasteiger partial charge in [0.15, 0.2) is 5.82 Å². The van der Waals surface area contributed by atoms with Crippen LogP contribution in [0.3, 0.4) is 0 Å². The van der Waals surface area contributed by atoms with E-state index in [1.54, 1.807) is 0 Å². The molecule has 6 nitrogen and oxygen atoms in total. The van der Waals surface area contributed by atoms with Crippen LogP contribution in [0, 0.1) is 6.07 Å². The Hall–Kier alpha value is -2.73. The maximum absolute atomic E-state index is 5.47. The first-order chi connectivity index (χ1) is 11.4. The SMILES string of the molecule is [c]1cccc(-c2ccccc2N2CCOCC2)c1-c1nnn[nH]1. The highest BCUT2D eigenvalue weighted by molar-refractivity contribution is 5.87. The Balaban J connectivity index is 1.83. The Morgan fingerprint density at radius 1 is 1.04 bits per heavy atom. The molecule has 0 atom stereocenters.